The zero-order valence-electron chi connectivity index (χ0n) is 11.4. The van der Waals surface area contributed by atoms with Crippen molar-refractivity contribution in [3.63, 3.8) is 0 Å². The van der Waals surface area contributed by atoms with E-state index < -0.39 is 44.3 Å². The molecule has 0 aliphatic heterocycles. The maximum atomic E-state index is 10.8. The van der Waals surface area contributed by atoms with Crippen LogP contribution in [0.4, 0.5) is 11.4 Å². The second-order valence-electron chi connectivity index (χ2n) is 4.17. The number of hydrogen-bond acceptors (Lipinski definition) is 9. The lowest BCUT2D eigenvalue weighted by Gasteiger charge is -2.10. The van der Waals surface area contributed by atoms with Crippen molar-refractivity contribution in [3.8, 4) is 5.75 Å². The van der Waals surface area contributed by atoms with E-state index in [-0.39, 0.29) is 18.8 Å². The van der Waals surface area contributed by atoms with Gasteiger partial charge in [-0.2, -0.15) is 8.42 Å². The summed E-state index contributed by atoms with van der Waals surface area (Å²) < 4.78 is 37.9. The highest BCUT2D eigenvalue weighted by molar-refractivity contribution is 7.80. The average molecular weight is 352 g/mol. The SMILES string of the molecule is O=[N+]([O-])c1ccc(OCCC(O)COS(=O)(=O)O)c([N+](=O)[O-])c1. The summed E-state index contributed by atoms with van der Waals surface area (Å²) in [6.45, 7) is -0.973. The smallest absolute Gasteiger partial charge is 0.397 e. The number of ether oxygens (including phenoxy) is 1. The van der Waals surface area contributed by atoms with Gasteiger partial charge in [-0.1, -0.05) is 0 Å². The summed E-state index contributed by atoms with van der Waals surface area (Å²) in [5, 5.41) is 30.8. The van der Waals surface area contributed by atoms with Gasteiger partial charge in [-0.3, -0.25) is 24.8 Å². The third-order valence-electron chi connectivity index (χ3n) is 2.47. The molecule has 13 heteroatoms. The fourth-order valence-electron chi connectivity index (χ4n) is 1.44. The van der Waals surface area contributed by atoms with E-state index in [0.29, 0.717) is 0 Å². The molecule has 1 aromatic carbocycles. The molecule has 1 unspecified atom stereocenters. The first kappa shape index (κ1) is 18.7. The molecule has 0 spiro atoms. The number of nitrogens with zero attached hydrogens (tertiary/aromatic N) is 2. The number of hydrogen-bond donors (Lipinski definition) is 2. The normalized spacial score (nSPS) is 12.6. The summed E-state index contributed by atoms with van der Waals surface area (Å²) >= 11 is 0. The maximum absolute atomic E-state index is 10.8. The van der Waals surface area contributed by atoms with Gasteiger partial charge in [-0.25, -0.2) is 4.18 Å². The fourth-order valence-corrected chi connectivity index (χ4v) is 1.77. The second kappa shape index (κ2) is 7.77. The van der Waals surface area contributed by atoms with Gasteiger partial charge in [0.05, 0.1) is 35.2 Å². The monoisotopic (exact) mass is 352 g/mol. The van der Waals surface area contributed by atoms with E-state index in [4.69, 9.17) is 9.29 Å². The van der Waals surface area contributed by atoms with Crippen molar-refractivity contribution in [1.29, 1.82) is 0 Å². The lowest BCUT2D eigenvalue weighted by molar-refractivity contribution is -0.394. The third kappa shape index (κ3) is 6.52. The fraction of sp³-hybridized carbons (Fsp3) is 0.400. The van der Waals surface area contributed by atoms with Crippen molar-refractivity contribution in [3.05, 3.63) is 38.4 Å². The van der Waals surface area contributed by atoms with E-state index in [1.54, 1.807) is 0 Å². The van der Waals surface area contributed by atoms with Gasteiger partial charge in [-0.15, -0.1) is 0 Å². The van der Waals surface area contributed by atoms with Gasteiger partial charge < -0.3 is 9.84 Å². The van der Waals surface area contributed by atoms with Crippen molar-refractivity contribution in [2.45, 2.75) is 12.5 Å². The Labute approximate surface area is 129 Å². The first-order valence-electron chi connectivity index (χ1n) is 5.95. The molecule has 0 heterocycles. The summed E-state index contributed by atoms with van der Waals surface area (Å²) in [7, 11) is -4.68. The molecule has 1 rings (SSSR count). The van der Waals surface area contributed by atoms with Gasteiger partial charge in [0.25, 0.3) is 5.69 Å². The summed E-state index contributed by atoms with van der Waals surface area (Å²) in [5.74, 6) is -0.247. The number of nitro groups is 2. The van der Waals surface area contributed by atoms with Crippen LogP contribution in [0.3, 0.4) is 0 Å². The lowest BCUT2D eigenvalue weighted by Crippen LogP contribution is -2.20. The molecule has 0 saturated carbocycles. The van der Waals surface area contributed by atoms with Crippen LogP contribution >= 0.6 is 0 Å². The van der Waals surface area contributed by atoms with E-state index >= 15 is 0 Å². The predicted octanol–water partition coefficient (Wildman–Crippen LogP) is 0.452. The highest BCUT2D eigenvalue weighted by atomic mass is 32.3. The maximum Gasteiger partial charge on any atom is 0.397 e. The van der Waals surface area contributed by atoms with Crippen molar-refractivity contribution in [1.82, 2.24) is 0 Å². The minimum absolute atomic E-state index is 0.163. The van der Waals surface area contributed by atoms with Crippen molar-refractivity contribution >= 4 is 21.8 Å². The van der Waals surface area contributed by atoms with Crippen LogP contribution in [0.1, 0.15) is 6.42 Å². The van der Waals surface area contributed by atoms with E-state index in [1.165, 1.54) is 0 Å². The van der Waals surface area contributed by atoms with Crippen molar-refractivity contribution in [2.75, 3.05) is 13.2 Å². The van der Waals surface area contributed by atoms with Crippen molar-refractivity contribution in [2.24, 2.45) is 0 Å². The molecule has 0 bridgehead atoms. The van der Waals surface area contributed by atoms with Crippen LogP contribution < -0.4 is 4.74 Å². The highest BCUT2D eigenvalue weighted by Crippen LogP contribution is 2.31. The molecule has 1 atom stereocenters. The summed E-state index contributed by atoms with van der Waals surface area (Å²) in [6, 6.07) is 2.78. The molecule has 0 amide bonds. The number of benzene rings is 1. The quantitative estimate of drug-likeness (QED) is 0.360. The molecule has 2 N–H and O–H groups in total. The molecule has 0 aromatic heterocycles. The van der Waals surface area contributed by atoms with Gasteiger partial charge in [0.15, 0.2) is 5.75 Å². The molecule has 0 aliphatic carbocycles. The van der Waals surface area contributed by atoms with Crippen LogP contribution in [0.25, 0.3) is 0 Å². The van der Waals surface area contributed by atoms with Crippen LogP contribution in [-0.2, 0) is 14.6 Å². The van der Waals surface area contributed by atoms with Crippen LogP contribution in [-0.4, -0.2) is 47.2 Å². The molecule has 12 nitrogen and oxygen atoms in total. The molecule has 23 heavy (non-hydrogen) atoms. The van der Waals surface area contributed by atoms with Gasteiger partial charge in [0.2, 0.25) is 0 Å². The van der Waals surface area contributed by atoms with E-state index in [1.807, 2.05) is 0 Å². The number of aliphatic hydroxyl groups is 1. The largest absolute Gasteiger partial charge is 0.487 e. The lowest BCUT2D eigenvalue weighted by atomic mass is 10.2. The van der Waals surface area contributed by atoms with Crippen LogP contribution in [0, 0.1) is 20.2 Å². The van der Waals surface area contributed by atoms with E-state index in [9.17, 15) is 33.8 Å². The standard InChI is InChI=1S/C10H12N2O10S/c13-8(6-22-23(18,19)20)3-4-21-10-2-1-7(11(14)15)5-9(10)12(16)17/h1-2,5,8,13H,3-4,6H2,(H,18,19,20). The molecular weight excluding hydrogens is 340 g/mol. The Morgan fingerprint density at radius 1 is 1.22 bits per heavy atom. The third-order valence-corrected chi connectivity index (χ3v) is 2.90. The van der Waals surface area contributed by atoms with Gasteiger partial charge >= 0.3 is 16.1 Å². The Kier molecular flexibility index (Phi) is 6.32. The number of aliphatic hydroxyl groups excluding tert-OH is 1. The minimum Gasteiger partial charge on any atom is -0.487 e. The number of non-ortho nitro benzene ring substituents is 1. The highest BCUT2D eigenvalue weighted by Gasteiger charge is 2.21. The molecular formula is C10H12N2O10S. The topological polar surface area (TPSA) is 179 Å². The van der Waals surface area contributed by atoms with Gasteiger partial charge in [-0.05, 0) is 6.07 Å². The average Bonchev–Trinajstić information content (AvgIpc) is 2.44. The predicted molar refractivity (Wildman–Crippen MR) is 73.4 cm³/mol. The van der Waals surface area contributed by atoms with Crippen LogP contribution in [0.5, 0.6) is 5.75 Å². The molecule has 0 fully saturated rings. The Hall–Kier alpha value is -2.35. The minimum atomic E-state index is -4.68. The molecule has 128 valence electrons. The Balaban J connectivity index is 2.64. The second-order valence-corrected chi connectivity index (χ2v) is 5.26. The zero-order chi connectivity index (χ0) is 17.6. The van der Waals surface area contributed by atoms with Gasteiger partial charge in [0.1, 0.15) is 0 Å². The summed E-state index contributed by atoms with van der Waals surface area (Å²) in [4.78, 5) is 19.8. The first-order chi connectivity index (χ1) is 10.6. The summed E-state index contributed by atoms with van der Waals surface area (Å²) in [6.07, 6.45) is -1.47. The first-order valence-corrected chi connectivity index (χ1v) is 7.32. The zero-order valence-corrected chi connectivity index (χ0v) is 12.2. The number of rotatable bonds is 9. The molecule has 1 aromatic rings. The van der Waals surface area contributed by atoms with Crippen molar-refractivity contribution < 1.29 is 36.8 Å². The number of nitro benzene ring substituents is 2. The van der Waals surface area contributed by atoms with E-state index in [2.05, 4.69) is 4.18 Å². The van der Waals surface area contributed by atoms with Crippen LogP contribution in [0.15, 0.2) is 18.2 Å². The Morgan fingerprint density at radius 3 is 2.39 bits per heavy atom. The van der Waals surface area contributed by atoms with Crippen LogP contribution in [0.2, 0.25) is 0 Å². The molecule has 0 aliphatic rings. The Morgan fingerprint density at radius 2 is 1.87 bits per heavy atom. The summed E-state index contributed by atoms with van der Waals surface area (Å²) in [5.41, 5.74) is -1.10. The molecule has 0 radical (unpaired) electrons. The van der Waals surface area contributed by atoms with E-state index in [0.717, 1.165) is 18.2 Å². The Bertz CT molecular complexity index is 689. The molecule has 0 saturated heterocycles. The van der Waals surface area contributed by atoms with Gasteiger partial charge in [0, 0.05) is 12.5 Å².